The molecule has 1 rings (SSSR count). The minimum absolute atomic E-state index is 0.389. The van der Waals surface area contributed by atoms with Gasteiger partial charge in [-0.25, -0.2) is 0 Å². The zero-order valence-corrected chi connectivity index (χ0v) is 12.0. The molecule has 0 spiro atoms. The third-order valence-corrected chi connectivity index (χ3v) is 3.99. The summed E-state index contributed by atoms with van der Waals surface area (Å²) in [5.41, 5.74) is 1.32. The Hall–Kier alpha value is -0.250. The topological polar surface area (TPSA) is 12.0 Å². The van der Waals surface area contributed by atoms with Crippen LogP contribution in [0.15, 0.2) is 41.4 Å². The molecule has 0 saturated heterocycles. The van der Waals surface area contributed by atoms with Gasteiger partial charge in [-0.2, -0.15) is 11.8 Å². The average molecular weight is 300 g/mol. The number of rotatable bonds is 7. The SMILES string of the molecule is C=CCSCCNC(C)c1ccccc1Br. The Kier molecular flexibility index (Phi) is 6.85. The Morgan fingerprint density at radius 3 is 2.94 bits per heavy atom. The lowest BCUT2D eigenvalue weighted by Crippen LogP contribution is -2.21. The third kappa shape index (κ3) is 4.73. The molecule has 3 heteroatoms. The highest BCUT2D eigenvalue weighted by atomic mass is 79.9. The van der Waals surface area contributed by atoms with E-state index in [0.717, 1.165) is 18.1 Å². The van der Waals surface area contributed by atoms with Crippen LogP contribution in [0.25, 0.3) is 0 Å². The van der Waals surface area contributed by atoms with Crippen LogP contribution in [0.2, 0.25) is 0 Å². The van der Waals surface area contributed by atoms with Crippen molar-refractivity contribution >= 4 is 27.7 Å². The maximum absolute atomic E-state index is 3.71. The Morgan fingerprint density at radius 1 is 1.50 bits per heavy atom. The predicted molar refractivity (Wildman–Crippen MR) is 78.1 cm³/mol. The minimum atomic E-state index is 0.389. The van der Waals surface area contributed by atoms with Crippen LogP contribution < -0.4 is 5.32 Å². The maximum Gasteiger partial charge on any atom is 0.0303 e. The summed E-state index contributed by atoms with van der Waals surface area (Å²) in [6, 6.07) is 8.74. The smallest absolute Gasteiger partial charge is 0.0303 e. The average Bonchev–Trinajstić information content (AvgIpc) is 2.29. The monoisotopic (exact) mass is 299 g/mol. The fourth-order valence-electron chi connectivity index (χ4n) is 1.45. The van der Waals surface area contributed by atoms with Gasteiger partial charge in [0, 0.05) is 28.6 Å². The molecule has 1 nitrogen and oxygen atoms in total. The van der Waals surface area contributed by atoms with Crippen LogP contribution >= 0.6 is 27.7 Å². The van der Waals surface area contributed by atoms with Crippen LogP contribution in [0, 0.1) is 0 Å². The van der Waals surface area contributed by atoms with E-state index in [1.54, 1.807) is 0 Å². The van der Waals surface area contributed by atoms with Crippen LogP contribution in [0.1, 0.15) is 18.5 Å². The second kappa shape index (κ2) is 7.93. The lowest BCUT2D eigenvalue weighted by atomic mass is 10.1. The molecular formula is C13H18BrNS. The number of benzene rings is 1. The van der Waals surface area contributed by atoms with Crippen molar-refractivity contribution < 1.29 is 0 Å². The highest BCUT2D eigenvalue weighted by Crippen LogP contribution is 2.22. The van der Waals surface area contributed by atoms with Gasteiger partial charge in [0.15, 0.2) is 0 Å². The highest BCUT2D eigenvalue weighted by Gasteiger charge is 2.06. The molecule has 1 unspecified atom stereocenters. The molecule has 0 aliphatic heterocycles. The van der Waals surface area contributed by atoms with Crippen LogP contribution in [-0.4, -0.2) is 18.1 Å². The molecule has 0 radical (unpaired) electrons. The summed E-state index contributed by atoms with van der Waals surface area (Å²) in [5.74, 6) is 2.16. The van der Waals surface area contributed by atoms with E-state index < -0.39 is 0 Å². The highest BCUT2D eigenvalue weighted by molar-refractivity contribution is 9.10. The van der Waals surface area contributed by atoms with Crippen molar-refractivity contribution in [2.24, 2.45) is 0 Å². The second-order valence-corrected chi connectivity index (χ2v) is 5.57. The van der Waals surface area contributed by atoms with E-state index >= 15 is 0 Å². The van der Waals surface area contributed by atoms with Gasteiger partial charge >= 0.3 is 0 Å². The molecule has 0 bridgehead atoms. The fraction of sp³-hybridized carbons (Fsp3) is 0.385. The summed E-state index contributed by atoms with van der Waals surface area (Å²) in [4.78, 5) is 0. The van der Waals surface area contributed by atoms with E-state index in [2.05, 4.69) is 52.9 Å². The molecule has 1 aromatic rings. The fourth-order valence-corrected chi connectivity index (χ4v) is 2.67. The molecule has 1 N–H and O–H groups in total. The van der Waals surface area contributed by atoms with Gasteiger partial charge < -0.3 is 5.32 Å². The summed E-state index contributed by atoms with van der Waals surface area (Å²) in [5, 5.41) is 3.51. The van der Waals surface area contributed by atoms with E-state index in [-0.39, 0.29) is 0 Å². The predicted octanol–water partition coefficient (Wildman–Crippen LogP) is 4.02. The number of thioether (sulfide) groups is 1. The van der Waals surface area contributed by atoms with Gasteiger partial charge in [-0.1, -0.05) is 40.2 Å². The van der Waals surface area contributed by atoms with Crippen molar-refractivity contribution in [3.63, 3.8) is 0 Å². The largest absolute Gasteiger partial charge is 0.309 e. The Labute approximate surface area is 111 Å². The van der Waals surface area contributed by atoms with Gasteiger partial charge in [0.25, 0.3) is 0 Å². The Morgan fingerprint density at radius 2 is 2.25 bits per heavy atom. The molecule has 0 saturated carbocycles. The lowest BCUT2D eigenvalue weighted by molar-refractivity contribution is 0.599. The summed E-state index contributed by atoms with van der Waals surface area (Å²) in [7, 11) is 0. The van der Waals surface area contributed by atoms with Crippen LogP contribution in [0.3, 0.4) is 0 Å². The van der Waals surface area contributed by atoms with Crippen LogP contribution in [0.4, 0.5) is 0 Å². The first kappa shape index (κ1) is 13.8. The summed E-state index contributed by atoms with van der Waals surface area (Å²) < 4.78 is 1.17. The lowest BCUT2D eigenvalue weighted by Gasteiger charge is -2.15. The maximum atomic E-state index is 3.71. The second-order valence-electron chi connectivity index (χ2n) is 3.56. The summed E-state index contributed by atoms with van der Waals surface area (Å²) >= 11 is 5.47. The summed E-state index contributed by atoms with van der Waals surface area (Å²) in [6.07, 6.45) is 1.95. The molecule has 0 aliphatic rings. The third-order valence-electron chi connectivity index (χ3n) is 2.30. The summed E-state index contributed by atoms with van der Waals surface area (Å²) in [6.45, 7) is 6.93. The standard InChI is InChI=1S/C13H18BrNS/c1-3-9-16-10-8-15-11(2)12-6-4-5-7-13(12)14/h3-7,11,15H,1,8-10H2,2H3. The van der Waals surface area contributed by atoms with E-state index in [1.807, 2.05) is 23.9 Å². The van der Waals surface area contributed by atoms with Crippen molar-refractivity contribution in [2.45, 2.75) is 13.0 Å². The van der Waals surface area contributed by atoms with Crippen LogP contribution in [-0.2, 0) is 0 Å². The van der Waals surface area contributed by atoms with E-state index in [1.165, 1.54) is 10.0 Å². The molecule has 16 heavy (non-hydrogen) atoms. The first-order valence-electron chi connectivity index (χ1n) is 5.42. The van der Waals surface area contributed by atoms with Gasteiger partial charge in [0.1, 0.15) is 0 Å². The van der Waals surface area contributed by atoms with E-state index in [9.17, 15) is 0 Å². The van der Waals surface area contributed by atoms with Crippen molar-refractivity contribution in [1.82, 2.24) is 5.32 Å². The van der Waals surface area contributed by atoms with Gasteiger partial charge in [-0.3, -0.25) is 0 Å². The molecule has 1 atom stereocenters. The first-order chi connectivity index (χ1) is 7.75. The molecule has 0 heterocycles. The van der Waals surface area contributed by atoms with Gasteiger partial charge in [0.2, 0.25) is 0 Å². The van der Waals surface area contributed by atoms with Gasteiger partial charge in [-0.15, -0.1) is 6.58 Å². The first-order valence-corrected chi connectivity index (χ1v) is 7.37. The molecule has 0 aliphatic carbocycles. The van der Waals surface area contributed by atoms with Crippen molar-refractivity contribution in [2.75, 3.05) is 18.1 Å². The van der Waals surface area contributed by atoms with Crippen molar-refractivity contribution in [1.29, 1.82) is 0 Å². The molecule has 88 valence electrons. The van der Waals surface area contributed by atoms with E-state index in [0.29, 0.717) is 6.04 Å². The number of hydrogen-bond acceptors (Lipinski definition) is 2. The molecule has 0 amide bonds. The number of halogens is 1. The zero-order valence-electron chi connectivity index (χ0n) is 9.58. The molecule has 0 fully saturated rings. The Bertz CT molecular complexity index is 327. The molecule has 1 aromatic carbocycles. The number of hydrogen-bond donors (Lipinski definition) is 1. The van der Waals surface area contributed by atoms with Crippen molar-refractivity contribution in [3.05, 3.63) is 47.0 Å². The van der Waals surface area contributed by atoms with Crippen LogP contribution in [0.5, 0.6) is 0 Å². The molecule has 0 aromatic heterocycles. The van der Waals surface area contributed by atoms with Gasteiger partial charge in [0.05, 0.1) is 0 Å². The van der Waals surface area contributed by atoms with Gasteiger partial charge in [-0.05, 0) is 18.6 Å². The van der Waals surface area contributed by atoms with Crippen molar-refractivity contribution in [3.8, 4) is 0 Å². The normalized spacial score (nSPS) is 12.4. The molecular weight excluding hydrogens is 282 g/mol. The minimum Gasteiger partial charge on any atom is -0.309 e. The quantitative estimate of drug-likeness (QED) is 0.603. The number of nitrogens with one attached hydrogen (secondary N) is 1. The van der Waals surface area contributed by atoms with E-state index in [4.69, 9.17) is 0 Å². The zero-order chi connectivity index (χ0) is 11.8. The Balaban J connectivity index is 2.32.